The van der Waals surface area contributed by atoms with E-state index < -0.39 is 12.1 Å². The highest BCUT2D eigenvalue weighted by Gasteiger charge is 2.29. The summed E-state index contributed by atoms with van der Waals surface area (Å²) in [6.45, 7) is 6.01. The second-order valence-electron chi connectivity index (χ2n) is 6.35. The van der Waals surface area contributed by atoms with Crippen molar-refractivity contribution in [1.82, 2.24) is 5.32 Å². The zero-order valence-corrected chi connectivity index (χ0v) is 14.8. The molecular weight excluding hydrogens is 310 g/mol. The molecule has 0 saturated heterocycles. The van der Waals surface area contributed by atoms with Crippen LogP contribution in [0.1, 0.15) is 45.6 Å². The Labute approximate surface area is 141 Å². The third-order valence-corrected chi connectivity index (χ3v) is 5.35. The van der Waals surface area contributed by atoms with E-state index in [2.05, 4.69) is 19.2 Å². The van der Waals surface area contributed by atoms with Crippen LogP contribution in [-0.4, -0.2) is 24.0 Å². The Morgan fingerprint density at radius 2 is 2.17 bits per heavy atom. The zero-order valence-electron chi connectivity index (χ0n) is 14.0. The molecule has 1 saturated carbocycles. The molecule has 1 amide bonds. The highest BCUT2D eigenvalue weighted by molar-refractivity contribution is 7.08. The molecule has 23 heavy (non-hydrogen) atoms. The predicted molar refractivity (Wildman–Crippen MR) is 93.0 cm³/mol. The lowest BCUT2D eigenvalue weighted by Gasteiger charge is -2.35. The highest BCUT2D eigenvalue weighted by atomic mass is 32.1. The molecule has 2 rings (SSSR count). The molecule has 1 heterocycles. The maximum atomic E-state index is 12.2. The van der Waals surface area contributed by atoms with Gasteiger partial charge in [-0.15, -0.1) is 0 Å². The van der Waals surface area contributed by atoms with Gasteiger partial charge in [-0.2, -0.15) is 11.3 Å². The van der Waals surface area contributed by atoms with Crippen LogP contribution < -0.4 is 5.32 Å². The molecule has 0 radical (unpaired) electrons. The van der Waals surface area contributed by atoms with Gasteiger partial charge in [-0.1, -0.05) is 26.7 Å². The Bertz CT molecular complexity index is 553. The average molecular weight is 335 g/mol. The Morgan fingerprint density at radius 1 is 1.39 bits per heavy atom. The van der Waals surface area contributed by atoms with Crippen LogP contribution in [0.5, 0.6) is 0 Å². The zero-order chi connectivity index (χ0) is 16.8. The van der Waals surface area contributed by atoms with E-state index in [4.69, 9.17) is 4.74 Å². The molecule has 1 aliphatic carbocycles. The number of nitrogens with one attached hydrogen (secondary N) is 1. The molecule has 1 aliphatic rings. The number of carbonyl (C=O) groups is 2. The van der Waals surface area contributed by atoms with Crippen molar-refractivity contribution in [3.05, 3.63) is 28.5 Å². The lowest BCUT2D eigenvalue weighted by atomic mass is 9.78. The summed E-state index contributed by atoms with van der Waals surface area (Å²) < 4.78 is 5.18. The van der Waals surface area contributed by atoms with Crippen LogP contribution in [0.25, 0.3) is 6.08 Å². The summed E-state index contributed by atoms with van der Waals surface area (Å²) in [5.74, 6) is 0.353. The molecule has 4 nitrogen and oxygen atoms in total. The summed E-state index contributed by atoms with van der Waals surface area (Å²) in [5, 5.41) is 6.91. The third kappa shape index (κ3) is 5.20. The van der Waals surface area contributed by atoms with E-state index in [0.717, 1.165) is 18.4 Å². The van der Waals surface area contributed by atoms with Crippen LogP contribution in [0.2, 0.25) is 0 Å². The van der Waals surface area contributed by atoms with Crippen molar-refractivity contribution in [2.24, 2.45) is 11.8 Å². The number of amides is 1. The topological polar surface area (TPSA) is 55.4 Å². The number of thiophene rings is 1. The van der Waals surface area contributed by atoms with E-state index >= 15 is 0 Å². The fraction of sp³-hybridized carbons (Fsp3) is 0.556. The molecule has 1 aromatic rings. The summed E-state index contributed by atoms with van der Waals surface area (Å²) in [5.41, 5.74) is 0.953. The molecule has 5 heteroatoms. The van der Waals surface area contributed by atoms with E-state index in [9.17, 15) is 9.59 Å². The van der Waals surface area contributed by atoms with Crippen molar-refractivity contribution in [3.8, 4) is 0 Å². The molecule has 0 aromatic carbocycles. The second-order valence-corrected chi connectivity index (χ2v) is 7.13. The first-order chi connectivity index (χ1) is 11.0. The number of carbonyl (C=O) groups excluding carboxylic acids is 2. The Hall–Kier alpha value is -1.62. The van der Waals surface area contributed by atoms with Crippen molar-refractivity contribution in [2.45, 2.75) is 52.2 Å². The minimum atomic E-state index is -0.779. The number of ether oxygens (including phenoxy) is 1. The number of hydrogen-bond acceptors (Lipinski definition) is 4. The largest absolute Gasteiger partial charge is 0.449 e. The van der Waals surface area contributed by atoms with Crippen LogP contribution in [0.15, 0.2) is 22.9 Å². The second kappa shape index (κ2) is 8.29. The van der Waals surface area contributed by atoms with Gasteiger partial charge in [0.1, 0.15) is 0 Å². The van der Waals surface area contributed by atoms with Gasteiger partial charge < -0.3 is 10.1 Å². The SMILES string of the molecule is C[C@@H]1[C@H](C)CCC[C@H]1NC(=O)[C@@H](C)OC(=O)/C=C/c1ccsc1. The summed E-state index contributed by atoms with van der Waals surface area (Å²) in [4.78, 5) is 24.0. The van der Waals surface area contributed by atoms with Gasteiger partial charge in [-0.3, -0.25) is 4.79 Å². The fourth-order valence-electron chi connectivity index (χ4n) is 2.89. The molecule has 1 fully saturated rings. The van der Waals surface area contributed by atoms with Crippen molar-refractivity contribution in [3.63, 3.8) is 0 Å². The van der Waals surface area contributed by atoms with Gasteiger partial charge in [0, 0.05) is 12.1 Å². The van der Waals surface area contributed by atoms with E-state index in [0.29, 0.717) is 11.8 Å². The molecule has 0 unspecified atom stereocenters. The molecule has 0 bridgehead atoms. The van der Waals surface area contributed by atoms with Crippen LogP contribution in [0.4, 0.5) is 0 Å². The first-order valence-corrected chi connectivity index (χ1v) is 9.13. The first kappa shape index (κ1) is 17.7. The quantitative estimate of drug-likeness (QED) is 0.660. The van der Waals surface area contributed by atoms with Crippen LogP contribution in [0, 0.1) is 11.8 Å². The summed E-state index contributed by atoms with van der Waals surface area (Å²) >= 11 is 1.56. The van der Waals surface area contributed by atoms with Crippen molar-refractivity contribution in [1.29, 1.82) is 0 Å². The van der Waals surface area contributed by atoms with Gasteiger partial charge in [0.15, 0.2) is 6.10 Å². The van der Waals surface area contributed by atoms with E-state index in [1.54, 1.807) is 24.3 Å². The molecule has 1 N–H and O–H groups in total. The lowest BCUT2D eigenvalue weighted by molar-refractivity contribution is -0.150. The summed E-state index contributed by atoms with van der Waals surface area (Å²) in [6, 6.07) is 2.09. The Balaban J connectivity index is 1.81. The molecular formula is C18H25NO3S. The maximum Gasteiger partial charge on any atom is 0.331 e. The van der Waals surface area contributed by atoms with Gasteiger partial charge >= 0.3 is 5.97 Å². The first-order valence-electron chi connectivity index (χ1n) is 8.18. The van der Waals surface area contributed by atoms with Crippen molar-refractivity contribution < 1.29 is 14.3 Å². The molecule has 0 aliphatic heterocycles. The predicted octanol–water partition coefficient (Wildman–Crippen LogP) is 3.63. The minimum absolute atomic E-state index is 0.175. The number of esters is 1. The minimum Gasteiger partial charge on any atom is -0.449 e. The van der Waals surface area contributed by atoms with Gasteiger partial charge in [-0.25, -0.2) is 4.79 Å². The Morgan fingerprint density at radius 3 is 2.87 bits per heavy atom. The van der Waals surface area contributed by atoms with Gasteiger partial charge in [0.2, 0.25) is 0 Å². The fourth-order valence-corrected chi connectivity index (χ4v) is 3.52. The average Bonchev–Trinajstić information content (AvgIpc) is 3.03. The van der Waals surface area contributed by atoms with E-state index in [1.165, 1.54) is 12.5 Å². The molecule has 1 aromatic heterocycles. The van der Waals surface area contributed by atoms with Crippen LogP contribution >= 0.6 is 11.3 Å². The summed E-state index contributed by atoms with van der Waals surface area (Å²) in [7, 11) is 0. The number of rotatable bonds is 5. The highest BCUT2D eigenvalue weighted by Crippen LogP contribution is 2.29. The van der Waals surface area contributed by atoms with Gasteiger partial charge in [-0.05, 0) is 53.6 Å². The lowest BCUT2D eigenvalue weighted by Crippen LogP contribution is -2.47. The molecule has 126 valence electrons. The molecule has 4 atom stereocenters. The van der Waals surface area contributed by atoms with Gasteiger partial charge in [0.25, 0.3) is 5.91 Å². The summed E-state index contributed by atoms with van der Waals surface area (Å²) in [6.07, 6.45) is 5.61. The smallest absolute Gasteiger partial charge is 0.331 e. The van der Waals surface area contributed by atoms with E-state index in [1.807, 2.05) is 16.8 Å². The van der Waals surface area contributed by atoms with Crippen LogP contribution in [0.3, 0.4) is 0 Å². The third-order valence-electron chi connectivity index (χ3n) is 4.65. The Kier molecular flexibility index (Phi) is 6.39. The number of hydrogen-bond donors (Lipinski definition) is 1. The van der Waals surface area contributed by atoms with Gasteiger partial charge in [0.05, 0.1) is 0 Å². The van der Waals surface area contributed by atoms with E-state index in [-0.39, 0.29) is 11.9 Å². The standard InChI is InChI=1S/C18H25NO3S/c1-12-5-4-6-16(13(12)2)19-18(21)14(3)22-17(20)8-7-15-9-10-23-11-15/h7-14,16H,4-6H2,1-3H3,(H,19,21)/b8-7+/t12-,13-,14-,16-/m1/s1. The normalized spacial score (nSPS) is 26.0. The van der Waals surface area contributed by atoms with Crippen molar-refractivity contribution in [2.75, 3.05) is 0 Å². The maximum absolute atomic E-state index is 12.2. The molecule has 0 spiro atoms. The monoisotopic (exact) mass is 335 g/mol. The van der Waals surface area contributed by atoms with Crippen LogP contribution in [-0.2, 0) is 14.3 Å². The van der Waals surface area contributed by atoms with Crippen molar-refractivity contribution >= 4 is 29.3 Å².